The van der Waals surface area contributed by atoms with Crippen molar-refractivity contribution in [1.29, 1.82) is 0 Å². The van der Waals surface area contributed by atoms with Crippen molar-refractivity contribution in [3.8, 4) is 0 Å². The van der Waals surface area contributed by atoms with Crippen molar-refractivity contribution < 1.29 is 14.7 Å². The normalized spacial score (nSPS) is 13.0. The van der Waals surface area contributed by atoms with Crippen LogP contribution < -0.4 is 5.32 Å². The SMILES string of the molecule is CC(C)C(CC(=O)NC(C)(C)CCC(=O)O)c1ccccc1. The molecule has 0 bridgehead atoms. The van der Waals surface area contributed by atoms with E-state index in [9.17, 15) is 9.59 Å². The molecule has 0 heterocycles. The number of carbonyl (C=O) groups is 2. The van der Waals surface area contributed by atoms with Gasteiger partial charge in [0.25, 0.3) is 0 Å². The fraction of sp³-hybridized carbons (Fsp3) is 0.556. The van der Waals surface area contributed by atoms with E-state index in [0.717, 1.165) is 5.56 Å². The highest BCUT2D eigenvalue weighted by Crippen LogP contribution is 2.28. The van der Waals surface area contributed by atoms with Gasteiger partial charge < -0.3 is 10.4 Å². The van der Waals surface area contributed by atoms with Gasteiger partial charge in [0.05, 0.1) is 0 Å². The molecule has 122 valence electrons. The quantitative estimate of drug-likeness (QED) is 0.771. The molecule has 1 rings (SSSR count). The molecule has 0 aliphatic heterocycles. The molecule has 0 saturated heterocycles. The van der Waals surface area contributed by atoms with Crippen LogP contribution in [0.1, 0.15) is 58.4 Å². The lowest BCUT2D eigenvalue weighted by atomic mass is 9.85. The van der Waals surface area contributed by atoms with Crippen LogP contribution in [-0.4, -0.2) is 22.5 Å². The Morgan fingerprint density at radius 3 is 2.27 bits per heavy atom. The van der Waals surface area contributed by atoms with Crippen molar-refractivity contribution in [3.63, 3.8) is 0 Å². The van der Waals surface area contributed by atoms with Gasteiger partial charge in [-0.2, -0.15) is 0 Å². The molecule has 0 aliphatic carbocycles. The summed E-state index contributed by atoms with van der Waals surface area (Å²) in [4.78, 5) is 23.0. The second-order valence-corrected chi connectivity index (χ2v) is 6.79. The standard InChI is InChI=1S/C18H27NO3/c1-13(2)15(14-8-6-5-7-9-14)12-16(20)19-18(3,4)11-10-17(21)22/h5-9,13,15H,10-12H2,1-4H3,(H,19,20)(H,21,22). The summed E-state index contributed by atoms with van der Waals surface area (Å²) in [6, 6.07) is 10.0. The summed E-state index contributed by atoms with van der Waals surface area (Å²) in [5.41, 5.74) is 0.657. The van der Waals surface area contributed by atoms with Crippen LogP contribution in [-0.2, 0) is 9.59 Å². The highest BCUT2D eigenvalue weighted by molar-refractivity contribution is 5.77. The highest BCUT2D eigenvalue weighted by atomic mass is 16.4. The Hall–Kier alpha value is -1.84. The Labute approximate surface area is 132 Å². The molecule has 1 unspecified atom stereocenters. The third kappa shape index (κ3) is 6.29. The van der Waals surface area contributed by atoms with E-state index >= 15 is 0 Å². The third-order valence-electron chi connectivity index (χ3n) is 3.88. The summed E-state index contributed by atoms with van der Waals surface area (Å²) in [6.07, 6.45) is 0.892. The number of nitrogens with one attached hydrogen (secondary N) is 1. The molecule has 4 heteroatoms. The summed E-state index contributed by atoms with van der Waals surface area (Å²) >= 11 is 0. The van der Waals surface area contributed by atoms with E-state index in [2.05, 4.69) is 19.2 Å². The molecule has 22 heavy (non-hydrogen) atoms. The molecule has 4 nitrogen and oxygen atoms in total. The van der Waals surface area contributed by atoms with E-state index in [4.69, 9.17) is 5.11 Å². The predicted molar refractivity (Wildman–Crippen MR) is 87.7 cm³/mol. The number of aliphatic carboxylic acids is 1. The molecule has 0 aliphatic rings. The first-order valence-corrected chi connectivity index (χ1v) is 7.79. The van der Waals surface area contributed by atoms with Crippen LogP contribution in [0.5, 0.6) is 0 Å². The maximum Gasteiger partial charge on any atom is 0.303 e. The maximum atomic E-state index is 12.3. The summed E-state index contributed by atoms with van der Waals surface area (Å²) in [7, 11) is 0. The molecule has 1 atom stereocenters. The number of rotatable bonds is 8. The summed E-state index contributed by atoms with van der Waals surface area (Å²) in [5, 5.41) is 11.7. The fourth-order valence-electron chi connectivity index (χ4n) is 2.55. The molecule has 0 radical (unpaired) electrons. The minimum absolute atomic E-state index is 0.0297. The lowest BCUT2D eigenvalue weighted by Gasteiger charge is -2.28. The first-order chi connectivity index (χ1) is 10.2. The fourth-order valence-corrected chi connectivity index (χ4v) is 2.55. The first-order valence-electron chi connectivity index (χ1n) is 7.79. The predicted octanol–water partition coefficient (Wildman–Crippen LogP) is 3.58. The number of carboxylic acids is 1. The minimum atomic E-state index is -0.841. The van der Waals surface area contributed by atoms with Crippen molar-refractivity contribution in [2.75, 3.05) is 0 Å². The van der Waals surface area contributed by atoms with Crippen molar-refractivity contribution in [2.24, 2.45) is 5.92 Å². The lowest BCUT2D eigenvalue weighted by Crippen LogP contribution is -2.44. The van der Waals surface area contributed by atoms with Gasteiger partial charge in [-0.3, -0.25) is 9.59 Å². The number of benzene rings is 1. The van der Waals surface area contributed by atoms with E-state index in [-0.39, 0.29) is 18.2 Å². The van der Waals surface area contributed by atoms with E-state index in [0.29, 0.717) is 18.8 Å². The highest BCUT2D eigenvalue weighted by Gasteiger charge is 2.25. The molecule has 2 N–H and O–H groups in total. The zero-order valence-electron chi connectivity index (χ0n) is 13.9. The molecular formula is C18H27NO3. The van der Waals surface area contributed by atoms with Crippen molar-refractivity contribution in [2.45, 2.75) is 58.4 Å². The summed E-state index contributed by atoms with van der Waals surface area (Å²) < 4.78 is 0. The van der Waals surface area contributed by atoms with E-state index in [1.54, 1.807) is 0 Å². The van der Waals surface area contributed by atoms with Crippen LogP contribution in [0.3, 0.4) is 0 Å². The van der Waals surface area contributed by atoms with Gasteiger partial charge >= 0.3 is 5.97 Å². The van der Waals surface area contributed by atoms with Crippen LogP contribution in [0.2, 0.25) is 0 Å². The van der Waals surface area contributed by atoms with Gasteiger partial charge in [-0.05, 0) is 37.7 Å². The Morgan fingerprint density at radius 1 is 1.18 bits per heavy atom. The lowest BCUT2D eigenvalue weighted by molar-refractivity contribution is -0.137. The van der Waals surface area contributed by atoms with Gasteiger partial charge in [0.15, 0.2) is 0 Å². The Kier molecular flexibility index (Phi) is 6.60. The van der Waals surface area contributed by atoms with Crippen LogP contribution in [0.15, 0.2) is 30.3 Å². The third-order valence-corrected chi connectivity index (χ3v) is 3.88. The van der Waals surface area contributed by atoms with Crippen molar-refractivity contribution >= 4 is 11.9 Å². The monoisotopic (exact) mass is 305 g/mol. The topological polar surface area (TPSA) is 66.4 Å². The first kappa shape index (κ1) is 18.2. The number of amides is 1. The molecule has 1 aromatic rings. The minimum Gasteiger partial charge on any atom is -0.481 e. The average Bonchev–Trinajstić information content (AvgIpc) is 2.43. The smallest absolute Gasteiger partial charge is 0.303 e. The summed E-state index contributed by atoms with van der Waals surface area (Å²) in [5.74, 6) is -0.351. The number of hydrogen-bond donors (Lipinski definition) is 2. The van der Waals surface area contributed by atoms with Crippen molar-refractivity contribution in [1.82, 2.24) is 5.32 Å². The van der Waals surface area contributed by atoms with Crippen molar-refractivity contribution in [3.05, 3.63) is 35.9 Å². The molecule has 0 fully saturated rings. The second kappa shape index (κ2) is 7.97. The molecular weight excluding hydrogens is 278 g/mol. The second-order valence-electron chi connectivity index (χ2n) is 6.79. The largest absolute Gasteiger partial charge is 0.481 e. The Bertz CT molecular complexity index is 494. The van der Waals surface area contributed by atoms with Gasteiger partial charge in [-0.15, -0.1) is 0 Å². The van der Waals surface area contributed by atoms with E-state index in [1.165, 1.54) is 0 Å². The molecule has 0 spiro atoms. The van der Waals surface area contributed by atoms with E-state index < -0.39 is 11.5 Å². The average molecular weight is 305 g/mol. The zero-order valence-corrected chi connectivity index (χ0v) is 13.9. The van der Waals surface area contributed by atoms with Gasteiger partial charge in [-0.25, -0.2) is 0 Å². The number of carbonyl (C=O) groups excluding carboxylic acids is 1. The van der Waals surface area contributed by atoms with Gasteiger partial charge in [-0.1, -0.05) is 44.2 Å². The molecule has 0 saturated carbocycles. The Morgan fingerprint density at radius 2 is 1.77 bits per heavy atom. The van der Waals surface area contributed by atoms with E-state index in [1.807, 2.05) is 44.2 Å². The van der Waals surface area contributed by atoms with Crippen LogP contribution in [0, 0.1) is 5.92 Å². The number of hydrogen-bond acceptors (Lipinski definition) is 2. The Balaban J connectivity index is 2.66. The van der Waals surface area contributed by atoms with Crippen LogP contribution in [0.25, 0.3) is 0 Å². The van der Waals surface area contributed by atoms with Gasteiger partial charge in [0, 0.05) is 18.4 Å². The van der Waals surface area contributed by atoms with Gasteiger partial charge in [0.1, 0.15) is 0 Å². The molecule has 1 aromatic carbocycles. The molecule has 0 aromatic heterocycles. The molecule has 1 amide bonds. The van der Waals surface area contributed by atoms with Gasteiger partial charge in [0.2, 0.25) is 5.91 Å². The van der Waals surface area contributed by atoms with Crippen LogP contribution in [0.4, 0.5) is 0 Å². The zero-order chi connectivity index (χ0) is 16.8. The summed E-state index contributed by atoms with van der Waals surface area (Å²) in [6.45, 7) is 7.95. The maximum absolute atomic E-state index is 12.3. The van der Waals surface area contributed by atoms with Crippen LogP contribution >= 0.6 is 0 Å². The number of carboxylic acid groups (broad SMARTS) is 1.